The first-order chi connectivity index (χ1) is 13.2. The van der Waals surface area contributed by atoms with Crippen molar-refractivity contribution in [1.82, 2.24) is 4.90 Å². The Bertz CT molecular complexity index is 668. The molecule has 1 aromatic rings. The highest BCUT2D eigenvalue weighted by atomic mass is 19.2. The number of esters is 1. The van der Waals surface area contributed by atoms with Gasteiger partial charge >= 0.3 is 5.97 Å². The summed E-state index contributed by atoms with van der Waals surface area (Å²) in [6, 6.07) is 0. The fraction of sp³-hybridized carbons (Fsp3) is 0.579. The van der Waals surface area contributed by atoms with Crippen molar-refractivity contribution >= 4 is 11.9 Å². The summed E-state index contributed by atoms with van der Waals surface area (Å²) in [6.07, 6.45) is 7.09. The number of amides is 1. The van der Waals surface area contributed by atoms with Crippen molar-refractivity contribution in [3.05, 3.63) is 34.6 Å². The van der Waals surface area contributed by atoms with Crippen LogP contribution in [0.4, 0.5) is 22.0 Å². The lowest BCUT2D eigenvalue weighted by molar-refractivity contribution is -0.144. The van der Waals surface area contributed by atoms with Crippen molar-refractivity contribution in [2.24, 2.45) is 0 Å². The van der Waals surface area contributed by atoms with Gasteiger partial charge in [0.05, 0.1) is 6.61 Å². The summed E-state index contributed by atoms with van der Waals surface area (Å²) in [4.78, 5) is 24.3. The van der Waals surface area contributed by atoms with Crippen LogP contribution in [-0.4, -0.2) is 37.0 Å². The van der Waals surface area contributed by atoms with Crippen LogP contribution in [0.25, 0.3) is 0 Å². The topological polar surface area (TPSA) is 46.6 Å². The first-order valence-electron chi connectivity index (χ1n) is 9.14. The minimum Gasteiger partial charge on any atom is -0.464 e. The Labute approximate surface area is 160 Å². The van der Waals surface area contributed by atoms with Crippen LogP contribution in [0.2, 0.25) is 0 Å². The highest BCUT2D eigenvalue weighted by Gasteiger charge is 2.31. The van der Waals surface area contributed by atoms with Gasteiger partial charge < -0.3 is 9.64 Å². The summed E-state index contributed by atoms with van der Waals surface area (Å²) in [6.45, 7) is 1.55. The van der Waals surface area contributed by atoms with E-state index >= 15 is 0 Å². The summed E-state index contributed by atoms with van der Waals surface area (Å²) in [5, 5.41) is 0. The predicted octanol–water partition coefficient (Wildman–Crippen LogP) is 4.75. The van der Waals surface area contributed by atoms with Gasteiger partial charge in [-0.3, -0.25) is 9.59 Å². The summed E-state index contributed by atoms with van der Waals surface area (Å²) in [7, 11) is 0.995. The number of nitrogens with zero attached hydrogens (tertiary/aromatic N) is 1. The average molecular weight is 409 g/mol. The normalized spacial score (nSPS) is 10.8. The number of unbranched alkanes of at least 4 members (excludes halogenated alkanes) is 6. The van der Waals surface area contributed by atoms with Crippen LogP contribution in [0.15, 0.2) is 0 Å². The molecule has 0 unspecified atom stereocenters. The van der Waals surface area contributed by atoms with E-state index in [1.54, 1.807) is 0 Å². The van der Waals surface area contributed by atoms with Gasteiger partial charge in [0.1, 0.15) is 12.1 Å². The smallest absolute Gasteiger partial charge is 0.325 e. The van der Waals surface area contributed by atoms with Gasteiger partial charge in [0.15, 0.2) is 23.3 Å². The highest BCUT2D eigenvalue weighted by Crippen LogP contribution is 2.24. The van der Waals surface area contributed by atoms with Gasteiger partial charge in [0.2, 0.25) is 5.82 Å². The van der Waals surface area contributed by atoms with E-state index in [2.05, 4.69) is 6.92 Å². The molecule has 0 aliphatic carbocycles. The Morgan fingerprint density at radius 3 is 1.79 bits per heavy atom. The molecule has 0 fully saturated rings. The van der Waals surface area contributed by atoms with Gasteiger partial charge in [-0.25, -0.2) is 22.0 Å². The number of ether oxygens (including phenoxy) is 1. The van der Waals surface area contributed by atoms with E-state index in [1.807, 2.05) is 0 Å². The maximum Gasteiger partial charge on any atom is 0.325 e. The van der Waals surface area contributed by atoms with Crippen LogP contribution in [0.1, 0.15) is 62.2 Å². The molecular formula is C19H24F5NO3. The molecule has 9 heteroatoms. The number of likely N-dealkylation sites (N-methyl/N-ethyl adjacent to an activating group) is 1. The zero-order valence-electron chi connectivity index (χ0n) is 15.9. The van der Waals surface area contributed by atoms with Crippen molar-refractivity contribution in [3.63, 3.8) is 0 Å². The molecule has 0 atom stereocenters. The Morgan fingerprint density at radius 1 is 0.786 bits per heavy atom. The molecule has 0 spiro atoms. The Kier molecular flexibility index (Phi) is 9.89. The lowest BCUT2D eigenvalue weighted by Gasteiger charge is -2.17. The molecule has 0 radical (unpaired) electrons. The molecule has 0 heterocycles. The molecule has 0 aliphatic rings. The van der Waals surface area contributed by atoms with Gasteiger partial charge in [-0.2, -0.15) is 0 Å². The standard InChI is InChI=1S/C19H24F5NO3/c1-3-4-5-6-7-8-9-10-28-12(26)11-25(2)19(27)13-14(20)16(22)18(24)17(23)15(13)21/h3-11H2,1-2H3. The average Bonchev–Trinajstić information content (AvgIpc) is 2.66. The third-order valence-electron chi connectivity index (χ3n) is 4.15. The van der Waals surface area contributed by atoms with Gasteiger partial charge in [0, 0.05) is 7.05 Å². The molecule has 0 aromatic heterocycles. The molecule has 1 aromatic carbocycles. The van der Waals surface area contributed by atoms with Crippen LogP contribution in [0.5, 0.6) is 0 Å². The maximum atomic E-state index is 13.7. The Balaban J connectivity index is 2.52. The Morgan fingerprint density at radius 2 is 1.25 bits per heavy atom. The fourth-order valence-electron chi connectivity index (χ4n) is 2.54. The van der Waals surface area contributed by atoms with Gasteiger partial charge in [0.25, 0.3) is 5.91 Å². The third kappa shape index (κ3) is 6.45. The number of carbonyl (C=O) groups is 2. The lowest BCUT2D eigenvalue weighted by atomic mass is 10.1. The van der Waals surface area contributed by atoms with E-state index in [0.29, 0.717) is 11.3 Å². The van der Waals surface area contributed by atoms with E-state index in [9.17, 15) is 31.5 Å². The molecule has 4 nitrogen and oxygen atoms in total. The number of halogens is 5. The van der Waals surface area contributed by atoms with Crippen LogP contribution in [-0.2, 0) is 9.53 Å². The summed E-state index contributed by atoms with van der Waals surface area (Å²) < 4.78 is 71.7. The number of carbonyl (C=O) groups excluding carboxylic acids is 2. The Hall–Kier alpha value is -2.19. The molecule has 0 N–H and O–H groups in total. The summed E-state index contributed by atoms with van der Waals surface area (Å²) in [5.74, 6) is -13.7. The van der Waals surface area contributed by atoms with Crippen molar-refractivity contribution in [3.8, 4) is 0 Å². The van der Waals surface area contributed by atoms with Crippen LogP contribution in [0.3, 0.4) is 0 Å². The number of rotatable bonds is 11. The quantitative estimate of drug-likeness (QED) is 0.174. The maximum absolute atomic E-state index is 13.7. The molecule has 0 saturated carbocycles. The predicted molar refractivity (Wildman–Crippen MR) is 92.1 cm³/mol. The SMILES string of the molecule is CCCCCCCCCOC(=O)CN(C)C(=O)c1c(F)c(F)c(F)c(F)c1F. The van der Waals surface area contributed by atoms with E-state index in [1.165, 1.54) is 6.42 Å². The second kappa shape index (κ2) is 11.6. The molecule has 0 saturated heterocycles. The second-order valence-electron chi connectivity index (χ2n) is 6.45. The van der Waals surface area contributed by atoms with E-state index in [0.717, 1.165) is 39.2 Å². The molecule has 28 heavy (non-hydrogen) atoms. The van der Waals surface area contributed by atoms with Gasteiger partial charge in [-0.15, -0.1) is 0 Å². The number of benzene rings is 1. The molecule has 158 valence electrons. The first kappa shape index (κ1) is 23.8. The van der Waals surface area contributed by atoms with Crippen molar-refractivity contribution in [1.29, 1.82) is 0 Å². The minimum absolute atomic E-state index is 0.122. The number of hydrogen-bond donors (Lipinski definition) is 0. The second-order valence-corrected chi connectivity index (χ2v) is 6.45. The van der Waals surface area contributed by atoms with Crippen molar-refractivity contribution < 1.29 is 36.3 Å². The van der Waals surface area contributed by atoms with E-state index in [-0.39, 0.29) is 6.61 Å². The fourth-order valence-corrected chi connectivity index (χ4v) is 2.54. The monoisotopic (exact) mass is 409 g/mol. The van der Waals surface area contributed by atoms with Crippen LogP contribution < -0.4 is 0 Å². The lowest BCUT2D eigenvalue weighted by Crippen LogP contribution is -2.34. The van der Waals surface area contributed by atoms with Crippen LogP contribution in [0, 0.1) is 29.1 Å². The minimum atomic E-state index is -2.36. The zero-order valence-corrected chi connectivity index (χ0v) is 15.9. The van der Waals surface area contributed by atoms with E-state index in [4.69, 9.17) is 4.74 Å². The molecule has 1 amide bonds. The van der Waals surface area contributed by atoms with Gasteiger partial charge in [-0.05, 0) is 6.42 Å². The molecule has 1 rings (SSSR count). The van der Waals surface area contributed by atoms with Gasteiger partial charge in [-0.1, -0.05) is 45.4 Å². The number of hydrogen-bond acceptors (Lipinski definition) is 3. The molecular weight excluding hydrogens is 385 g/mol. The third-order valence-corrected chi connectivity index (χ3v) is 4.15. The highest BCUT2D eigenvalue weighted by molar-refractivity contribution is 5.96. The van der Waals surface area contributed by atoms with Crippen LogP contribution >= 0.6 is 0 Å². The molecule has 0 aliphatic heterocycles. The van der Waals surface area contributed by atoms with E-state index < -0.39 is 53.1 Å². The molecule has 0 bridgehead atoms. The summed E-state index contributed by atoms with van der Waals surface area (Å²) >= 11 is 0. The zero-order chi connectivity index (χ0) is 21.3. The van der Waals surface area contributed by atoms with Crippen molar-refractivity contribution in [2.45, 2.75) is 51.9 Å². The first-order valence-corrected chi connectivity index (χ1v) is 9.14. The summed E-state index contributed by atoms with van der Waals surface area (Å²) in [5.41, 5.74) is -1.61. The largest absolute Gasteiger partial charge is 0.464 e. The van der Waals surface area contributed by atoms with Crippen molar-refractivity contribution in [2.75, 3.05) is 20.2 Å².